The molecule has 0 amide bonds. The lowest BCUT2D eigenvalue weighted by atomic mass is 10.3. The summed E-state index contributed by atoms with van der Waals surface area (Å²) in [5.74, 6) is -1.49. The fraction of sp³-hybridized carbons (Fsp3) is 0.188. The fourth-order valence-corrected chi connectivity index (χ4v) is 3.48. The lowest BCUT2D eigenvalue weighted by molar-refractivity contribution is -0.384. The molecule has 0 saturated heterocycles. The van der Waals surface area contributed by atoms with E-state index in [1.54, 1.807) is 0 Å². The van der Waals surface area contributed by atoms with Crippen molar-refractivity contribution in [2.75, 3.05) is 7.11 Å². The van der Waals surface area contributed by atoms with Gasteiger partial charge < -0.3 is 13.8 Å². The van der Waals surface area contributed by atoms with Gasteiger partial charge in [-0.05, 0) is 31.2 Å². The molecule has 2 atom stereocenters. The molecule has 0 aromatic heterocycles. The predicted molar refractivity (Wildman–Crippen MR) is 93.0 cm³/mol. The molecule has 2 rings (SSSR count). The van der Waals surface area contributed by atoms with Crippen LogP contribution >= 0.6 is 7.75 Å². The summed E-state index contributed by atoms with van der Waals surface area (Å²) in [7, 11) is -3.08. The van der Waals surface area contributed by atoms with E-state index in [-0.39, 0.29) is 17.2 Å². The average Bonchev–Trinajstić information content (AvgIpc) is 2.61. The van der Waals surface area contributed by atoms with E-state index in [2.05, 4.69) is 9.82 Å². The van der Waals surface area contributed by atoms with Gasteiger partial charge in [0.25, 0.3) is 5.69 Å². The van der Waals surface area contributed by atoms with Crippen molar-refractivity contribution in [1.82, 2.24) is 5.09 Å². The van der Waals surface area contributed by atoms with Gasteiger partial charge in [-0.3, -0.25) is 14.9 Å². The second kappa shape index (κ2) is 8.61. The van der Waals surface area contributed by atoms with Crippen LogP contribution in [0.15, 0.2) is 48.5 Å². The van der Waals surface area contributed by atoms with E-state index in [1.807, 2.05) is 0 Å². The molecule has 0 aliphatic rings. The van der Waals surface area contributed by atoms with Gasteiger partial charge in [0, 0.05) is 18.2 Å². The molecule has 0 aliphatic carbocycles. The molecule has 1 N–H and O–H groups in total. The van der Waals surface area contributed by atoms with Gasteiger partial charge in [0.2, 0.25) is 0 Å². The van der Waals surface area contributed by atoms with Crippen LogP contribution in [-0.4, -0.2) is 24.0 Å². The lowest BCUT2D eigenvalue weighted by Crippen LogP contribution is -2.35. The number of methoxy groups -OCH3 is 1. The number of non-ortho nitro benzene ring substituents is 1. The largest absolute Gasteiger partial charge is 0.513 e. The Morgan fingerprint density at radius 2 is 1.81 bits per heavy atom. The van der Waals surface area contributed by atoms with Crippen molar-refractivity contribution < 1.29 is 32.5 Å². The van der Waals surface area contributed by atoms with Crippen molar-refractivity contribution in [2.45, 2.75) is 13.0 Å². The Bertz CT molecular complexity index is 875. The first-order valence-corrected chi connectivity index (χ1v) is 9.11. The third kappa shape index (κ3) is 5.77. The van der Waals surface area contributed by atoms with Gasteiger partial charge in [-0.2, -0.15) is 5.09 Å². The third-order valence-electron chi connectivity index (χ3n) is 3.20. The monoisotopic (exact) mass is 398 g/mol. The number of nitrogens with zero attached hydrogens (tertiary/aromatic N) is 1. The maximum Gasteiger partial charge on any atom is 0.513 e. The zero-order chi connectivity index (χ0) is 20.0. The highest BCUT2D eigenvalue weighted by atomic mass is 31.2. The first kappa shape index (κ1) is 20.3. The topological polar surface area (TPSA) is 117 Å². The van der Waals surface area contributed by atoms with Gasteiger partial charge in [-0.1, -0.05) is 6.07 Å². The van der Waals surface area contributed by atoms with Gasteiger partial charge in [-0.25, -0.2) is 8.96 Å². The Morgan fingerprint density at radius 1 is 1.19 bits per heavy atom. The van der Waals surface area contributed by atoms with E-state index in [9.17, 15) is 23.9 Å². The number of nitro groups is 1. The number of hydrogen-bond donors (Lipinski definition) is 1. The maximum atomic E-state index is 13.4. The standard InChI is InChI=1S/C16H16FN2O7P/c1-11(16(20)24-2)18-27(23,26-15-5-3-4-12(17)10-15)25-14-8-6-13(7-9-14)19(21)22/h3-11H,1-2H3,(H,18,23)/t11-,27?/m0/s1. The molecule has 0 saturated carbocycles. The minimum atomic E-state index is -4.23. The summed E-state index contributed by atoms with van der Waals surface area (Å²) < 4.78 is 41.6. The second-order valence-electron chi connectivity index (χ2n) is 5.26. The van der Waals surface area contributed by atoms with Crippen LogP contribution in [0.4, 0.5) is 10.1 Å². The van der Waals surface area contributed by atoms with E-state index in [4.69, 9.17) is 9.05 Å². The highest BCUT2D eigenvalue weighted by Gasteiger charge is 2.33. The Labute approximate surface area is 153 Å². The van der Waals surface area contributed by atoms with E-state index in [1.165, 1.54) is 37.3 Å². The molecule has 11 heteroatoms. The smallest absolute Gasteiger partial charge is 0.468 e. The molecule has 0 heterocycles. The van der Waals surface area contributed by atoms with Crippen LogP contribution in [0.2, 0.25) is 0 Å². The van der Waals surface area contributed by atoms with Crippen molar-refractivity contribution in [3.05, 3.63) is 64.5 Å². The first-order chi connectivity index (χ1) is 12.7. The number of nitro benzene ring substituents is 1. The van der Waals surface area contributed by atoms with Gasteiger partial charge in [0.1, 0.15) is 23.4 Å². The molecule has 27 heavy (non-hydrogen) atoms. The molecule has 0 spiro atoms. The summed E-state index contributed by atoms with van der Waals surface area (Å²) in [6.45, 7) is 1.37. The molecular formula is C16H16FN2O7P. The second-order valence-corrected chi connectivity index (χ2v) is 6.88. The molecule has 0 bridgehead atoms. The number of esters is 1. The molecule has 1 unspecified atom stereocenters. The van der Waals surface area contributed by atoms with Gasteiger partial charge in [0.05, 0.1) is 12.0 Å². The minimum absolute atomic E-state index is 0.0232. The number of carbonyl (C=O) groups is 1. The molecule has 0 aliphatic heterocycles. The normalized spacial score (nSPS) is 13.9. The van der Waals surface area contributed by atoms with Crippen molar-refractivity contribution in [2.24, 2.45) is 0 Å². The van der Waals surface area contributed by atoms with Crippen LogP contribution in [0, 0.1) is 15.9 Å². The highest BCUT2D eigenvalue weighted by molar-refractivity contribution is 7.52. The third-order valence-corrected chi connectivity index (χ3v) is 4.81. The maximum absolute atomic E-state index is 13.4. The average molecular weight is 398 g/mol. The van der Waals surface area contributed by atoms with Gasteiger partial charge in [0.15, 0.2) is 0 Å². The van der Waals surface area contributed by atoms with Crippen LogP contribution in [0.5, 0.6) is 11.5 Å². The molecule has 2 aromatic rings. The summed E-state index contributed by atoms with van der Waals surface area (Å²) in [4.78, 5) is 21.7. The van der Waals surface area contributed by atoms with E-state index in [0.29, 0.717) is 0 Å². The summed E-state index contributed by atoms with van der Waals surface area (Å²) >= 11 is 0. The fourth-order valence-electron chi connectivity index (χ4n) is 1.97. The van der Waals surface area contributed by atoms with Crippen LogP contribution in [-0.2, 0) is 14.1 Å². The number of nitrogens with one attached hydrogen (secondary N) is 1. The Morgan fingerprint density at radius 3 is 2.37 bits per heavy atom. The van der Waals surface area contributed by atoms with E-state index in [0.717, 1.165) is 25.3 Å². The van der Waals surface area contributed by atoms with Gasteiger partial charge in [-0.15, -0.1) is 0 Å². The van der Waals surface area contributed by atoms with Crippen molar-refractivity contribution in [3.8, 4) is 11.5 Å². The predicted octanol–water partition coefficient (Wildman–Crippen LogP) is 3.45. The van der Waals surface area contributed by atoms with Crippen molar-refractivity contribution in [3.63, 3.8) is 0 Å². The molecule has 0 fully saturated rings. The number of rotatable bonds is 8. The lowest BCUT2D eigenvalue weighted by Gasteiger charge is -2.22. The molecule has 9 nitrogen and oxygen atoms in total. The molecule has 0 radical (unpaired) electrons. The van der Waals surface area contributed by atoms with E-state index >= 15 is 0 Å². The Balaban J connectivity index is 2.28. The molecular weight excluding hydrogens is 382 g/mol. The van der Waals surface area contributed by atoms with E-state index < -0.39 is 30.5 Å². The number of hydrogen-bond acceptors (Lipinski definition) is 7. The summed E-state index contributed by atoms with van der Waals surface area (Å²) in [6.07, 6.45) is 0. The quantitative estimate of drug-likeness (QED) is 0.311. The number of benzene rings is 2. The van der Waals surface area contributed by atoms with Crippen molar-refractivity contribution >= 4 is 19.4 Å². The van der Waals surface area contributed by atoms with Crippen molar-refractivity contribution in [1.29, 1.82) is 0 Å². The Hall–Kier alpha value is -2.97. The van der Waals surface area contributed by atoms with Crippen LogP contribution in [0.1, 0.15) is 6.92 Å². The molecule has 144 valence electrons. The number of carbonyl (C=O) groups excluding carboxylic acids is 1. The van der Waals surface area contributed by atoms with Gasteiger partial charge >= 0.3 is 13.7 Å². The SMILES string of the molecule is COC(=O)[C@H](C)NP(=O)(Oc1ccc([N+](=O)[O-])cc1)Oc1cccc(F)c1. The zero-order valence-corrected chi connectivity index (χ0v) is 15.2. The van der Waals surface area contributed by atoms with Crippen LogP contribution in [0.25, 0.3) is 0 Å². The first-order valence-electron chi connectivity index (χ1n) is 7.57. The number of ether oxygens (including phenoxy) is 1. The molecule has 2 aromatic carbocycles. The zero-order valence-electron chi connectivity index (χ0n) is 14.3. The summed E-state index contributed by atoms with van der Waals surface area (Å²) in [5, 5.41) is 13.1. The summed E-state index contributed by atoms with van der Waals surface area (Å²) in [6, 6.07) is 8.47. The number of halogens is 1. The minimum Gasteiger partial charge on any atom is -0.468 e. The summed E-state index contributed by atoms with van der Waals surface area (Å²) in [5.41, 5.74) is -0.195. The van der Waals surface area contributed by atoms with Crippen LogP contribution < -0.4 is 14.1 Å². The highest BCUT2D eigenvalue weighted by Crippen LogP contribution is 2.45. The Kier molecular flexibility index (Phi) is 6.49. The van der Waals surface area contributed by atoms with Crippen LogP contribution in [0.3, 0.4) is 0 Å².